The van der Waals surface area contributed by atoms with Crippen LogP contribution >= 0.6 is 0 Å². The molecule has 0 radical (unpaired) electrons. The number of carbonyl (C=O) groups is 1. The fourth-order valence-corrected chi connectivity index (χ4v) is 2.13. The highest BCUT2D eigenvalue weighted by molar-refractivity contribution is 5.96. The number of amides is 1. The molecule has 1 aromatic rings. The molecule has 1 heterocycles. The molecule has 1 aromatic carbocycles. The first-order valence-corrected chi connectivity index (χ1v) is 6.47. The molecule has 2 rings (SSSR count). The summed E-state index contributed by atoms with van der Waals surface area (Å²) in [5.74, 6) is 4.79. The molecule has 2 N–H and O–H groups in total. The number of benzene rings is 1. The second-order valence-corrected chi connectivity index (χ2v) is 4.63. The maximum atomic E-state index is 13.4. The van der Waals surface area contributed by atoms with Gasteiger partial charge in [0, 0.05) is 19.2 Å². The maximum absolute atomic E-state index is 13.4. The Kier molecular flexibility index (Phi) is 4.72. The van der Waals surface area contributed by atoms with Gasteiger partial charge >= 0.3 is 0 Å². The number of ether oxygens (including phenoxy) is 1. The third-order valence-corrected chi connectivity index (χ3v) is 3.31. The monoisotopic (exact) mass is 276 g/mol. The SMILES string of the molecule is CN(C(=O)c1cc(F)ccc1C#CCN)C1CCOC1. The summed E-state index contributed by atoms with van der Waals surface area (Å²) >= 11 is 0. The van der Waals surface area contributed by atoms with E-state index in [1.165, 1.54) is 18.2 Å². The lowest BCUT2D eigenvalue weighted by Crippen LogP contribution is -2.37. The standard InChI is InChI=1S/C15H17FN2O2/c1-18(13-6-8-20-10-13)15(19)14-9-12(16)5-4-11(14)3-2-7-17/h4-5,9,13H,6-8,10,17H2,1H3. The summed E-state index contributed by atoms with van der Waals surface area (Å²) in [4.78, 5) is 14.1. The molecule has 106 valence electrons. The van der Waals surface area contributed by atoms with Gasteiger partial charge in [-0.25, -0.2) is 4.39 Å². The first-order chi connectivity index (χ1) is 9.63. The number of likely N-dealkylation sites (N-methyl/N-ethyl adjacent to an activating group) is 1. The molecule has 0 bridgehead atoms. The number of hydrogen-bond donors (Lipinski definition) is 1. The summed E-state index contributed by atoms with van der Waals surface area (Å²) in [5.41, 5.74) is 6.09. The van der Waals surface area contributed by atoms with Gasteiger partial charge in [0.1, 0.15) is 5.82 Å². The van der Waals surface area contributed by atoms with Gasteiger partial charge in [0.25, 0.3) is 5.91 Å². The second-order valence-electron chi connectivity index (χ2n) is 4.63. The highest BCUT2D eigenvalue weighted by Gasteiger charge is 2.26. The van der Waals surface area contributed by atoms with Gasteiger partial charge in [0.15, 0.2) is 0 Å². The fraction of sp³-hybridized carbons (Fsp3) is 0.400. The van der Waals surface area contributed by atoms with Crippen LogP contribution in [0.25, 0.3) is 0 Å². The largest absolute Gasteiger partial charge is 0.379 e. The molecule has 0 spiro atoms. The van der Waals surface area contributed by atoms with E-state index in [0.29, 0.717) is 18.8 Å². The van der Waals surface area contributed by atoms with E-state index < -0.39 is 5.82 Å². The molecule has 1 fully saturated rings. The number of rotatable bonds is 2. The van der Waals surface area contributed by atoms with Crippen molar-refractivity contribution in [1.29, 1.82) is 0 Å². The van der Waals surface area contributed by atoms with E-state index in [1.54, 1.807) is 11.9 Å². The topological polar surface area (TPSA) is 55.6 Å². The molecule has 0 saturated carbocycles. The van der Waals surface area contributed by atoms with E-state index in [0.717, 1.165) is 6.42 Å². The smallest absolute Gasteiger partial charge is 0.255 e. The second kappa shape index (κ2) is 6.51. The van der Waals surface area contributed by atoms with Crippen molar-refractivity contribution in [2.75, 3.05) is 26.8 Å². The minimum Gasteiger partial charge on any atom is -0.379 e. The summed E-state index contributed by atoms with van der Waals surface area (Å²) in [6.07, 6.45) is 0.793. The molecule has 4 nitrogen and oxygen atoms in total. The summed E-state index contributed by atoms with van der Waals surface area (Å²) in [6.45, 7) is 1.35. The number of nitrogens with two attached hydrogens (primary N) is 1. The lowest BCUT2D eigenvalue weighted by atomic mass is 10.1. The normalized spacial score (nSPS) is 17.4. The van der Waals surface area contributed by atoms with Gasteiger partial charge in [-0.1, -0.05) is 11.8 Å². The maximum Gasteiger partial charge on any atom is 0.255 e. The Balaban J connectivity index is 2.29. The summed E-state index contributed by atoms with van der Waals surface area (Å²) < 4.78 is 18.7. The van der Waals surface area contributed by atoms with Crippen LogP contribution in [0.3, 0.4) is 0 Å². The lowest BCUT2D eigenvalue weighted by molar-refractivity contribution is 0.0710. The van der Waals surface area contributed by atoms with E-state index in [4.69, 9.17) is 10.5 Å². The van der Waals surface area contributed by atoms with Gasteiger partial charge in [-0.2, -0.15) is 0 Å². The van der Waals surface area contributed by atoms with Crippen LogP contribution < -0.4 is 5.73 Å². The minimum absolute atomic E-state index is 0.0288. The van der Waals surface area contributed by atoms with Crippen LogP contribution in [0.5, 0.6) is 0 Å². The van der Waals surface area contributed by atoms with Gasteiger partial charge in [-0.15, -0.1) is 0 Å². The summed E-state index contributed by atoms with van der Waals surface area (Å²) in [6, 6.07) is 4.04. The zero-order valence-electron chi connectivity index (χ0n) is 11.4. The Labute approximate surface area is 117 Å². The molecule has 1 saturated heterocycles. The molecule has 1 aliphatic rings. The van der Waals surface area contributed by atoms with Crippen LogP contribution in [0.4, 0.5) is 4.39 Å². The van der Waals surface area contributed by atoms with Crippen LogP contribution in [-0.4, -0.2) is 43.7 Å². The zero-order valence-corrected chi connectivity index (χ0v) is 11.4. The van der Waals surface area contributed by atoms with Crippen molar-refractivity contribution < 1.29 is 13.9 Å². The summed E-state index contributed by atoms with van der Waals surface area (Å²) in [5, 5.41) is 0. The number of hydrogen-bond acceptors (Lipinski definition) is 3. The van der Waals surface area contributed by atoms with E-state index in [9.17, 15) is 9.18 Å². The Bertz CT molecular complexity index is 557. The Morgan fingerprint density at radius 3 is 3.05 bits per heavy atom. The molecule has 1 amide bonds. The van der Waals surface area contributed by atoms with Crippen molar-refractivity contribution in [3.63, 3.8) is 0 Å². The van der Waals surface area contributed by atoms with Crippen molar-refractivity contribution in [3.8, 4) is 11.8 Å². The van der Waals surface area contributed by atoms with Crippen molar-refractivity contribution in [3.05, 3.63) is 35.1 Å². The molecule has 1 unspecified atom stereocenters. The van der Waals surface area contributed by atoms with Crippen molar-refractivity contribution >= 4 is 5.91 Å². The lowest BCUT2D eigenvalue weighted by Gasteiger charge is -2.23. The third kappa shape index (κ3) is 3.16. The number of carbonyl (C=O) groups excluding carboxylic acids is 1. The van der Waals surface area contributed by atoms with E-state index >= 15 is 0 Å². The van der Waals surface area contributed by atoms with Crippen molar-refractivity contribution in [1.82, 2.24) is 4.90 Å². The average molecular weight is 276 g/mol. The molecular formula is C15H17FN2O2. The molecule has 20 heavy (non-hydrogen) atoms. The Morgan fingerprint density at radius 1 is 1.60 bits per heavy atom. The van der Waals surface area contributed by atoms with Crippen LogP contribution in [-0.2, 0) is 4.74 Å². The summed E-state index contributed by atoms with van der Waals surface area (Å²) in [7, 11) is 1.70. The van der Waals surface area contributed by atoms with Gasteiger partial charge in [0.2, 0.25) is 0 Å². The van der Waals surface area contributed by atoms with E-state index in [-0.39, 0.29) is 24.1 Å². The van der Waals surface area contributed by atoms with E-state index in [2.05, 4.69) is 11.8 Å². The fourth-order valence-electron chi connectivity index (χ4n) is 2.13. The number of halogens is 1. The van der Waals surface area contributed by atoms with Crippen molar-refractivity contribution in [2.45, 2.75) is 12.5 Å². The highest BCUT2D eigenvalue weighted by Crippen LogP contribution is 2.17. The number of nitrogens with zero attached hydrogens (tertiary/aromatic N) is 1. The molecular weight excluding hydrogens is 259 g/mol. The van der Waals surface area contributed by atoms with Gasteiger partial charge < -0.3 is 15.4 Å². The predicted octanol–water partition coefficient (Wildman–Crippen LogP) is 0.997. The van der Waals surface area contributed by atoms with Crippen LogP contribution in [0.1, 0.15) is 22.3 Å². The Morgan fingerprint density at radius 2 is 2.40 bits per heavy atom. The van der Waals surface area contributed by atoms with E-state index in [1.807, 2.05) is 0 Å². The molecule has 1 aliphatic heterocycles. The van der Waals surface area contributed by atoms with Crippen molar-refractivity contribution in [2.24, 2.45) is 5.73 Å². The average Bonchev–Trinajstić information content (AvgIpc) is 2.98. The molecule has 1 atom stereocenters. The predicted molar refractivity (Wildman–Crippen MR) is 73.6 cm³/mol. The molecule has 0 aliphatic carbocycles. The molecule has 5 heteroatoms. The minimum atomic E-state index is -0.456. The first-order valence-electron chi connectivity index (χ1n) is 6.47. The third-order valence-electron chi connectivity index (χ3n) is 3.31. The Hall–Kier alpha value is -1.90. The van der Waals surface area contributed by atoms with Gasteiger partial charge in [-0.3, -0.25) is 4.79 Å². The zero-order chi connectivity index (χ0) is 14.5. The quantitative estimate of drug-likeness (QED) is 0.820. The van der Waals surface area contributed by atoms with Crippen LogP contribution in [0, 0.1) is 17.7 Å². The molecule has 0 aromatic heterocycles. The first kappa shape index (κ1) is 14.5. The van der Waals surface area contributed by atoms with Crippen LogP contribution in [0.2, 0.25) is 0 Å². The van der Waals surface area contributed by atoms with Gasteiger partial charge in [0.05, 0.1) is 24.8 Å². The van der Waals surface area contributed by atoms with Gasteiger partial charge in [-0.05, 0) is 24.6 Å². The highest BCUT2D eigenvalue weighted by atomic mass is 19.1. The van der Waals surface area contributed by atoms with Crippen LogP contribution in [0.15, 0.2) is 18.2 Å².